The van der Waals surface area contributed by atoms with Gasteiger partial charge in [0.1, 0.15) is 16.2 Å². The Morgan fingerprint density at radius 2 is 1.80 bits per heavy atom. The van der Waals surface area contributed by atoms with Gasteiger partial charge in [0.25, 0.3) is 21.2 Å². The third-order valence-corrected chi connectivity index (χ3v) is 3.36. The monoisotopic (exact) mass is 337 g/mol. The fourth-order valence-corrected chi connectivity index (χ4v) is 2.43. The van der Waals surface area contributed by atoms with Crippen molar-refractivity contribution in [1.29, 1.82) is 0 Å². The molecule has 0 aliphatic carbocycles. The Kier molecular flexibility index (Phi) is 4.76. The Morgan fingerprint density at radius 3 is 2.15 bits per heavy atom. The lowest BCUT2D eigenvalue weighted by Crippen LogP contribution is -2.07. The Morgan fingerprint density at radius 1 is 1.25 bits per heavy atom. The highest BCUT2D eigenvalue weighted by atomic mass is 35.7. The van der Waals surface area contributed by atoms with Crippen LogP contribution in [0.4, 0.5) is 23.2 Å². The van der Waals surface area contributed by atoms with Crippen molar-refractivity contribution in [3.63, 3.8) is 0 Å². The lowest BCUT2D eigenvalue weighted by molar-refractivity contribution is -0.386. The van der Waals surface area contributed by atoms with Gasteiger partial charge in [-0.05, 0) is 0 Å². The predicted octanol–water partition coefficient (Wildman–Crippen LogP) is 3.06. The second-order valence-electron chi connectivity index (χ2n) is 3.23. The maximum Gasteiger partial charge on any atom is 0.387 e. The van der Waals surface area contributed by atoms with Crippen LogP contribution in [0.25, 0.3) is 0 Å². The van der Waals surface area contributed by atoms with Gasteiger partial charge in [0, 0.05) is 16.7 Å². The van der Waals surface area contributed by atoms with Gasteiger partial charge in [0.15, 0.2) is 0 Å². The minimum atomic E-state index is -4.83. The smallest absolute Gasteiger partial charge is 0.387 e. The summed E-state index contributed by atoms with van der Waals surface area (Å²) in [6, 6.07) is 0.530. The molecule has 0 unspecified atom stereocenters. The molecule has 0 atom stereocenters. The first kappa shape index (κ1) is 16.4. The van der Waals surface area contributed by atoms with Crippen molar-refractivity contribution in [2.45, 2.75) is 17.9 Å². The average molecular weight is 338 g/mol. The molecule has 0 amide bonds. The number of alkyl halides is 4. The fraction of sp³-hybridized carbons (Fsp3) is 0.250. The Balaban J connectivity index is 3.69. The predicted molar refractivity (Wildman–Crippen MR) is 57.7 cm³/mol. The molecule has 0 aromatic heterocycles. The van der Waals surface area contributed by atoms with Crippen LogP contribution >= 0.6 is 10.7 Å². The highest BCUT2D eigenvalue weighted by Gasteiger charge is 2.32. The number of halogens is 5. The van der Waals surface area contributed by atoms with Crippen LogP contribution in [0.3, 0.4) is 0 Å². The van der Waals surface area contributed by atoms with Crippen LogP contribution in [0.5, 0.6) is 5.75 Å². The Bertz CT molecular complexity index is 636. The van der Waals surface area contributed by atoms with Crippen molar-refractivity contribution in [2.75, 3.05) is 0 Å². The van der Waals surface area contributed by atoms with Crippen LogP contribution in [0, 0.1) is 10.1 Å². The van der Waals surface area contributed by atoms with Gasteiger partial charge in [-0.1, -0.05) is 0 Å². The van der Waals surface area contributed by atoms with E-state index in [1.807, 2.05) is 0 Å². The average Bonchev–Trinajstić information content (AvgIpc) is 2.25. The van der Waals surface area contributed by atoms with Gasteiger partial charge >= 0.3 is 6.61 Å². The van der Waals surface area contributed by atoms with Crippen molar-refractivity contribution < 1.29 is 35.6 Å². The molecule has 20 heavy (non-hydrogen) atoms. The third-order valence-electron chi connectivity index (χ3n) is 2.00. The molecular weight excluding hydrogens is 334 g/mol. The topological polar surface area (TPSA) is 86.5 Å². The summed E-state index contributed by atoms with van der Waals surface area (Å²) in [5, 5.41) is 10.6. The van der Waals surface area contributed by atoms with Gasteiger partial charge in [0.2, 0.25) is 0 Å². The number of nitrogens with zero attached hydrogens (tertiary/aromatic N) is 1. The molecule has 0 aliphatic heterocycles. The van der Waals surface area contributed by atoms with Gasteiger partial charge in [-0.15, -0.1) is 0 Å². The number of hydrogen-bond acceptors (Lipinski definition) is 5. The van der Waals surface area contributed by atoms with Crippen LogP contribution in [-0.4, -0.2) is 20.0 Å². The lowest BCUT2D eigenvalue weighted by atomic mass is 10.1. The summed E-state index contributed by atoms with van der Waals surface area (Å²) < 4.78 is 75.6. The highest BCUT2D eigenvalue weighted by Crippen LogP contribution is 2.39. The first-order chi connectivity index (χ1) is 9.04. The molecule has 0 fully saturated rings. The van der Waals surface area contributed by atoms with Crippen molar-refractivity contribution in [2.24, 2.45) is 0 Å². The molecule has 0 heterocycles. The van der Waals surface area contributed by atoms with Crippen molar-refractivity contribution in [3.8, 4) is 5.75 Å². The molecule has 1 rings (SSSR count). The van der Waals surface area contributed by atoms with Crippen LogP contribution in [0.1, 0.15) is 12.0 Å². The van der Waals surface area contributed by atoms with E-state index in [0.717, 1.165) is 0 Å². The van der Waals surface area contributed by atoms with Crippen molar-refractivity contribution >= 4 is 25.4 Å². The van der Waals surface area contributed by atoms with Gasteiger partial charge in [0.05, 0.1) is 11.0 Å². The molecular formula is C8H4ClF4NO5S. The Hall–Kier alpha value is -1.62. The third kappa shape index (κ3) is 3.70. The highest BCUT2D eigenvalue weighted by molar-refractivity contribution is 8.13. The molecule has 1 aromatic rings. The van der Waals surface area contributed by atoms with Crippen LogP contribution < -0.4 is 4.74 Å². The lowest BCUT2D eigenvalue weighted by Gasteiger charge is -2.10. The number of nitro groups is 1. The first-order valence-electron chi connectivity index (χ1n) is 4.54. The molecule has 0 bridgehead atoms. The van der Waals surface area contributed by atoms with E-state index in [2.05, 4.69) is 4.74 Å². The van der Waals surface area contributed by atoms with E-state index in [1.54, 1.807) is 0 Å². The SMILES string of the molecule is O=[N+]([O-])c1cc(OC(F)F)cc(S(=O)(=O)Cl)c1C(F)F. The summed E-state index contributed by atoms with van der Waals surface area (Å²) in [6.07, 6.45) is -3.56. The first-order valence-corrected chi connectivity index (χ1v) is 6.85. The van der Waals surface area contributed by atoms with E-state index >= 15 is 0 Å². The summed E-state index contributed by atoms with van der Waals surface area (Å²) in [7, 11) is 0.0363. The van der Waals surface area contributed by atoms with Gasteiger partial charge in [-0.3, -0.25) is 10.1 Å². The minimum absolute atomic E-state index is 0.263. The molecule has 0 spiro atoms. The van der Waals surface area contributed by atoms with E-state index in [1.165, 1.54) is 0 Å². The van der Waals surface area contributed by atoms with Gasteiger partial charge < -0.3 is 4.74 Å². The zero-order chi connectivity index (χ0) is 15.7. The number of rotatable bonds is 5. The van der Waals surface area contributed by atoms with Crippen molar-refractivity contribution in [1.82, 2.24) is 0 Å². The van der Waals surface area contributed by atoms with Gasteiger partial charge in [-0.2, -0.15) is 8.78 Å². The Labute approximate surface area is 113 Å². The fourth-order valence-electron chi connectivity index (χ4n) is 1.33. The van der Waals surface area contributed by atoms with E-state index in [9.17, 15) is 36.1 Å². The summed E-state index contributed by atoms with van der Waals surface area (Å²) in [4.78, 5) is 7.92. The molecule has 0 aliphatic rings. The summed E-state index contributed by atoms with van der Waals surface area (Å²) >= 11 is 0. The van der Waals surface area contributed by atoms with Gasteiger partial charge in [-0.25, -0.2) is 17.2 Å². The van der Waals surface area contributed by atoms with Crippen LogP contribution in [-0.2, 0) is 9.05 Å². The second-order valence-corrected chi connectivity index (χ2v) is 5.76. The van der Waals surface area contributed by atoms with E-state index < -0.39 is 48.9 Å². The molecule has 0 saturated heterocycles. The summed E-state index contributed by atoms with van der Waals surface area (Å²) in [6.45, 7) is -3.43. The van der Waals surface area contributed by atoms with Crippen LogP contribution in [0.2, 0.25) is 0 Å². The van der Waals surface area contributed by atoms with Crippen LogP contribution in [0.15, 0.2) is 17.0 Å². The van der Waals surface area contributed by atoms with E-state index in [0.29, 0.717) is 0 Å². The summed E-state index contributed by atoms with van der Waals surface area (Å²) in [5.41, 5.74) is -2.89. The number of ether oxygens (including phenoxy) is 1. The standard InChI is InChI=1S/C8H4ClF4NO5S/c9-20(17,18)5-2-3(19-8(12)13)1-4(14(15)16)6(5)7(10)11/h1-2,7-8H. The number of hydrogen-bond donors (Lipinski definition) is 0. The molecule has 112 valence electrons. The zero-order valence-corrected chi connectivity index (χ0v) is 10.7. The second kappa shape index (κ2) is 5.79. The molecule has 0 N–H and O–H groups in total. The molecule has 0 radical (unpaired) electrons. The minimum Gasteiger partial charge on any atom is -0.435 e. The maximum atomic E-state index is 12.8. The largest absolute Gasteiger partial charge is 0.435 e. The summed E-state index contributed by atoms with van der Waals surface area (Å²) in [5.74, 6) is -0.977. The van der Waals surface area contributed by atoms with E-state index in [-0.39, 0.29) is 12.1 Å². The van der Waals surface area contributed by atoms with E-state index in [4.69, 9.17) is 10.7 Å². The van der Waals surface area contributed by atoms with Crippen molar-refractivity contribution in [3.05, 3.63) is 27.8 Å². The maximum absolute atomic E-state index is 12.8. The number of benzene rings is 1. The normalized spacial score (nSPS) is 11.9. The zero-order valence-electron chi connectivity index (χ0n) is 9.10. The quantitative estimate of drug-likeness (QED) is 0.357. The number of nitro benzene ring substituents is 1. The molecule has 6 nitrogen and oxygen atoms in total. The molecule has 0 saturated carbocycles. The molecule has 1 aromatic carbocycles. The molecule has 12 heteroatoms.